The van der Waals surface area contributed by atoms with Gasteiger partial charge in [0.05, 0.1) is 11.4 Å². The number of amides is 1. The molecule has 7 heteroatoms. The molecule has 0 unspecified atom stereocenters. The molecule has 2 saturated carbocycles. The summed E-state index contributed by atoms with van der Waals surface area (Å²) in [6.45, 7) is 13.5. The molecule has 0 radical (unpaired) electrons. The van der Waals surface area contributed by atoms with Crippen LogP contribution in [0.5, 0.6) is 0 Å². The van der Waals surface area contributed by atoms with Gasteiger partial charge in [-0.3, -0.25) is 9.59 Å². The molecule has 2 aliphatic rings. The molecule has 0 bridgehead atoms. The number of nitrogens with zero attached hydrogens (tertiary/aromatic N) is 3. The number of hydrogen-bond acceptors (Lipinski definition) is 5. The largest absolute Gasteiger partial charge is 0.464 e. The second-order valence-electron chi connectivity index (χ2n) is 13.1. The van der Waals surface area contributed by atoms with Crippen LogP contribution in [0.2, 0.25) is 0 Å². The highest BCUT2D eigenvalue weighted by Gasteiger charge is 2.33. The number of rotatable bonds is 7. The Bertz CT molecular complexity index is 1090. The second-order valence-corrected chi connectivity index (χ2v) is 13.1. The van der Waals surface area contributed by atoms with Crippen molar-refractivity contribution in [1.82, 2.24) is 19.9 Å². The maximum atomic E-state index is 13.4. The molecular formula is C30H44N4O3. The minimum absolute atomic E-state index is 0.0247. The van der Waals surface area contributed by atoms with Gasteiger partial charge in [0.15, 0.2) is 0 Å². The van der Waals surface area contributed by atoms with E-state index >= 15 is 0 Å². The summed E-state index contributed by atoms with van der Waals surface area (Å²) in [4.78, 5) is 34.0. The second kappa shape index (κ2) is 10.6. The van der Waals surface area contributed by atoms with Gasteiger partial charge in [0, 0.05) is 48.0 Å². The van der Waals surface area contributed by atoms with E-state index in [0.717, 1.165) is 29.2 Å². The molecular weight excluding hydrogens is 464 g/mol. The van der Waals surface area contributed by atoms with E-state index in [2.05, 4.69) is 57.5 Å². The summed E-state index contributed by atoms with van der Waals surface area (Å²) in [5.41, 5.74) is 4.44. The lowest BCUT2D eigenvalue weighted by atomic mass is 9.85. The number of aromatic nitrogens is 3. The Morgan fingerprint density at radius 1 is 1.05 bits per heavy atom. The van der Waals surface area contributed by atoms with E-state index in [4.69, 9.17) is 14.7 Å². The highest BCUT2D eigenvalue weighted by atomic mass is 16.5. The van der Waals surface area contributed by atoms with Gasteiger partial charge in [0.2, 0.25) is 0 Å². The van der Waals surface area contributed by atoms with E-state index in [0.29, 0.717) is 30.9 Å². The number of carbonyl (C=O) groups is 2. The molecule has 2 fully saturated rings. The van der Waals surface area contributed by atoms with Gasteiger partial charge in [-0.2, -0.15) is 0 Å². The zero-order chi connectivity index (χ0) is 27.0. The monoisotopic (exact) mass is 508 g/mol. The molecule has 0 saturated heterocycles. The average molecular weight is 509 g/mol. The first-order valence-electron chi connectivity index (χ1n) is 13.9. The minimum Gasteiger partial charge on any atom is -0.464 e. The molecule has 1 N–H and O–H groups in total. The van der Waals surface area contributed by atoms with Gasteiger partial charge in [-0.15, -0.1) is 0 Å². The first-order valence-corrected chi connectivity index (χ1v) is 13.9. The fraction of sp³-hybridized carbons (Fsp3) is 0.667. The van der Waals surface area contributed by atoms with Crippen molar-refractivity contribution < 1.29 is 14.3 Å². The highest BCUT2D eigenvalue weighted by Crippen LogP contribution is 2.35. The molecule has 4 rings (SSSR count). The quantitative estimate of drug-likeness (QED) is 0.490. The molecule has 37 heavy (non-hydrogen) atoms. The first kappa shape index (κ1) is 27.3. The van der Waals surface area contributed by atoms with E-state index in [-0.39, 0.29) is 28.9 Å². The molecule has 2 aliphatic carbocycles. The van der Waals surface area contributed by atoms with E-state index < -0.39 is 0 Å². The summed E-state index contributed by atoms with van der Waals surface area (Å²) >= 11 is 0. The average Bonchev–Trinajstić information content (AvgIpc) is 3.13. The normalized spacial score (nSPS) is 20.8. The summed E-state index contributed by atoms with van der Waals surface area (Å²) < 4.78 is 7.09. The number of nitrogens with one attached hydrogen (secondary N) is 1. The van der Waals surface area contributed by atoms with Crippen molar-refractivity contribution in [2.24, 2.45) is 13.0 Å². The molecule has 0 aliphatic heterocycles. The highest BCUT2D eigenvalue weighted by molar-refractivity contribution is 5.95. The van der Waals surface area contributed by atoms with E-state index in [1.165, 1.54) is 37.8 Å². The van der Waals surface area contributed by atoms with E-state index in [1.807, 2.05) is 13.1 Å². The molecule has 7 nitrogen and oxygen atoms in total. The Kier molecular flexibility index (Phi) is 7.82. The van der Waals surface area contributed by atoms with Gasteiger partial charge >= 0.3 is 0 Å². The number of carbonyl (C=O) groups excluding carboxylic acids is 2. The number of ether oxygens (including phenoxy) is 1. The lowest BCUT2D eigenvalue weighted by molar-refractivity contribution is -0.138. The Balaban J connectivity index is 1.74. The first-order chi connectivity index (χ1) is 17.4. The van der Waals surface area contributed by atoms with Gasteiger partial charge < -0.3 is 14.6 Å². The van der Waals surface area contributed by atoms with Crippen molar-refractivity contribution in [1.29, 1.82) is 0 Å². The molecule has 202 valence electrons. The smallest absolute Gasteiger partial charge is 0.293 e. The van der Waals surface area contributed by atoms with Crippen LogP contribution in [0.3, 0.4) is 0 Å². The van der Waals surface area contributed by atoms with Crippen LogP contribution in [0.15, 0.2) is 12.1 Å². The van der Waals surface area contributed by atoms with Crippen LogP contribution in [0, 0.1) is 5.92 Å². The lowest BCUT2D eigenvalue weighted by Gasteiger charge is -2.34. The predicted octanol–water partition coefficient (Wildman–Crippen LogP) is 5.63. The van der Waals surface area contributed by atoms with Gasteiger partial charge in [-0.25, -0.2) is 9.97 Å². The molecule has 2 heterocycles. The van der Waals surface area contributed by atoms with Crippen molar-refractivity contribution in [3.63, 3.8) is 0 Å². The molecule has 0 spiro atoms. The van der Waals surface area contributed by atoms with Crippen molar-refractivity contribution in [2.45, 2.75) is 116 Å². The van der Waals surface area contributed by atoms with Crippen LogP contribution in [-0.2, 0) is 33.8 Å². The molecule has 2 aromatic rings. The summed E-state index contributed by atoms with van der Waals surface area (Å²) in [5.74, 6) is 1.36. The van der Waals surface area contributed by atoms with Crippen LogP contribution >= 0.6 is 0 Å². The third-order valence-electron chi connectivity index (χ3n) is 7.92. The number of hydrogen-bond donors (Lipinski definition) is 1. The fourth-order valence-corrected chi connectivity index (χ4v) is 5.43. The Morgan fingerprint density at radius 2 is 1.73 bits per heavy atom. The van der Waals surface area contributed by atoms with Crippen molar-refractivity contribution in [3.8, 4) is 11.3 Å². The lowest BCUT2D eigenvalue weighted by Crippen LogP contribution is -2.48. The standard InChI is InChI=1S/C30H44N4O3/c1-29(2,3)26-17-23(32-28(33-26)30(4,5)6)22-16-25(27(36)31-20-14-21(15-20)37-18-35)34(7)24(22)13-19-11-9-8-10-12-19/h16-21H,8-15H2,1-7H3,(H,31,36)/t20-,21-. The Hall–Kier alpha value is -2.70. The predicted molar refractivity (Wildman–Crippen MR) is 146 cm³/mol. The Morgan fingerprint density at radius 3 is 2.32 bits per heavy atom. The van der Waals surface area contributed by atoms with Crippen LogP contribution in [-0.4, -0.2) is 39.1 Å². The third kappa shape index (κ3) is 6.24. The third-order valence-corrected chi connectivity index (χ3v) is 7.92. The summed E-state index contributed by atoms with van der Waals surface area (Å²) in [6.07, 6.45) is 8.50. The van der Waals surface area contributed by atoms with E-state index in [1.54, 1.807) is 0 Å². The summed E-state index contributed by atoms with van der Waals surface area (Å²) in [5, 5.41) is 3.14. The van der Waals surface area contributed by atoms with Gasteiger partial charge in [-0.1, -0.05) is 73.6 Å². The van der Waals surface area contributed by atoms with Crippen LogP contribution in [0.4, 0.5) is 0 Å². The van der Waals surface area contributed by atoms with Crippen LogP contribution < -0.4 is 5.32 Å². The van der Waals surface area contributed by atoms with Gasteiger partial charge in [0.1, 0.15) is 17.6 Å². The summed E-state index contributed by atoms with van der Waals surface area (Å²) in [6, 6.07) is 4.16. The van der Waals surface area contributed by atoms with Crippen molar-refractivity contribution >= 4 is 12.4 Å². The molecule has 1 amide bonds. The van der Waals surface area contributed by atoms with E-state index in [9.17, 15) is 9.59 Å². The molecule has 0 aromatic carbocycles. The fourth-order valence-electron chi connectivity index (χ4n) is 5.43. The minimum atomic E-state index is -0.196. The van der Waals surface area contributed by atoms with Crippen LogP contribution in [0.25, 0.3) is 11.3 Å². The topological polar surface area (TPSA) is 86.1 Å². The maximum absolute atomic E-state index is 13.4. The van der Waals surface area contributed by atoms with Crippen molar-refractivity contribution in [3.05, 3.63) is 35.0 Å². The molecule has 2 aromatic heterocycles. The molecule has 0 atom stereocenters. The van der Waals surface area contributed by atoms with Crippen LogP contribution in [0.1, 0.15) is 114 Å². The SMILES string of the molecule is Cn1c(C(=O)N[C@H]2C[C@H](OC=O)C2)cc(-c2cc(C(C)(C)C)nc(C(C)(C)C)n2)c1CC1CCCCC1. The summed E-state index contributed by atoms with van der Waals surface area (Å²) in [7, 11) is 2.01. The zero-order valence-electron chi connectivity index (χ0n) is 23.7. The van der Waals surface area contributed by atoms with Gasteiger partial charge in [0.25, 0.3) is 12.4 Å². The van der Waals surface area contributed by atoms with Crippen molar-refractivity contribution in [2.75, 3.05) is 0 Å². The maximum Gasteiger partial charge on any atom is 0.293 e. The van der Waals surface area contributed by atoms with Gasteiger partial charge in [-0.05, 0) is 24.5 Å². The zero-order valence-corrected chi connectivity index (χ0v) is 23.7. The Labute approximate surface area is 221 Å².